The Kier molecular flexibility index (Phi) is 2.99. The lowest BCUT2D eigenvalue weighted by molar-refractivity contribution is -0.145. The van der Waals surface area contributed by atoms with Gasteiger partial charge in [0.05, 0.1) is 6.42 Å². The number of alkyl halides is 3. The molecule has 0 saturated heterocycles. The van der Waals surface area contributed by atoms with Gasteiger partial charge in [-0.15, -0.1) is 0 Å². The Morgan fingerprint density at radius 1 is 1.25 bits per heavy atom. The number of carbonyl (C=O) groups excluding carboxylic acids is 1. The zero-order chi connectivity index (χ0) is 11.9. The normalized spacial score (nSPS) is 38.0. The molecule has 0 spiro atoms. The molecule has 2 saturated carbocycles. The van der Waals surface area contributed by atoms with Crippen molar-refractivity contribution in [2.45, 2.75) is 44.3 Å². The highest BCUT2D eigenvalue weighted by atomic mass is 19.4. The number of nitrogens with two attached hydrogens (primary N) is 1. The third-order valence-corrected chi connectivity index (χ3v) is 4.01. The first-order valence-corrected chi connectivity index (χ1v) is 5.73. The molecule has 92 valence electrons. The van der Waals surface area contributed by atoms with Crippen LogP contribution in [0, 0.1) is 17.8 Å². The monoisotopic (exact) mass is 235 g/mol. The summed E-state index contributed by atoms with van der Waals surface area (Å²) >= 11 is 0. The van der Waals surface area contributed by atoms with Crippen molar-refractivity contribution >= 4 is 5.78 Å². The topological polar surface area (TPSA) is 43.1 Å². The molecule has 2 aliphatic rings. The van der Waals surface area contributed by atoms with E-state index < -0.39 is 19.0 Å². The van der Waals surface area contributed by atoms with E-state index in [1.807, 2.05) is 0 Å². The van der Waals surface area contributed by atoms with E-state index in [-0.39, 0.29) is 23.7 Å². The SMILES string of the molecule is NC1C2CCC(C2)C1C(=O)CCC(F)(F)F. The molecule has 0 aromatic heterocycles. The molecule has 16 heavy (non-hydrogen) atoms. The Bertz CT molecular complexity index is 287. The molecular weight excluding hydrogens is 219 g/mol. The number of halogens is 3. The van der Waals surface area contributed by atoms with Crippen molar-refractivity contribution in [2.75, 3.05) is 0 Å². The number of fused-ring (bicyclic) bond motifs is 2. The second kappa shape index (κ2) is 4.02. The van der Waals surface area contributed by atoms with Gasteiger partial charge in [0, 0.05) is 18.4 Å². The third kappa shape index (κ3) is 2.24. The molecule has 2 N–H and O–H groups in total. The van der Waals surface area contributed by atoms with Crippen LogP contribution in [0.2, 0.25) is 0 Å². The molecule has 2 rings (SSSR count). The highest BCUT2D eigenvalue weighted by molar-refractivity contribution is 5.82. The van der Waals surface area contributed by atoms with E-state index in [1.165, 1.54) is 0 Å². The Morgan fingerprint density at radius 3 is 2.38 bits per heavy atom. The van der Waals surface area contributed by atoms with Gasteiger partial charge in [0.1, 0.15) is 5.78 Å². The van der Waals surface area contributed by atoms with Crippen molar-refractivity contribution in [2.24, 2.45) is 23.5 Å². The summed E-state index contributed by atoms with van der Waals surface area (Å²) in [6.45, 7) is 0. The number of hydrogen-bond acceptors (Lipinski definition) is 2. The van der Waals surface area contributed by atoms with Gasteiger partial charge in [-0.2, -0.15) is 13.2 Å². The van der Waals surface area contributed by atoms with Crippen molar-refractivity contribution in [3.8, 4) is 0 Å². The molecule has 4 unspecified atom stereocenters. The Hall–Kier alpha value is -0.580. The predicted molar refractivity (Wildman–Crippen MR) is 52.6 cm³/mol. The van der Waals surface area contributed by atoms with E-state index in [0.717, 1.165) is 19.3 Å². The van der Waals surface area contributed by atoms with Crippen molar-refractivity contribution in [1.82, 2.24) is 0 Å². The maximum Gasteiger partial charge on any atom is 0.389 e. The van der Waals surface area contributed by atoms with E-state index in [4.69, 9.17) is 5.73 Å². The summed E-state index contributed by atoms with van der Waals surface area (Å²) in [7, 11) is 0. The van der Waals surface area contributed by atoms with Gasteiger partial charge in [0.25, 0.3) is 0 Å². The summed E-state index contributed by atoms with van der Waals surface area (Å²) in [5.41, 5.74) is 5.90. The molecule has 0 radical (unpaired) electrons. The van der Waals surface area contributed by atoms with E-state index in [2.05, 4.69) is 0 Å². The maximum atomic E-state index is 12.0. The van der Waals surface area contributed by atoms with Gasteiger partial charge in [-0.25, -0.2) is 0 Å². The van der Waals surface area contributed by atoms with Gasteiger partial charge in [-0.1, -0.05) is 0 Å². The zero-order valence-corrected chi connectivity index (χ0v) is 8.96. The molecule has 0 heterocycles. The smallest absolute Gasteiger partial charge is 0.327 e. The standard InChI is InChI=1S/C11H16F3NO/c12-11(13,14)4-3-8(16)9-6-1-2-7(5-6)10(9)15/h6-7,9-10H,1-5,15H2. The van der Waals surface area contributed by atoms with Crippen molar-refractivity contribution in [1.29, 1.82) is 0 Å². The molecule has 0 aromatic carbocycles. The van der Waals surface area contributed by atoms with Crippen LogP contribution in [0.25, 0.3) is 0 Å². The Balaban J connectivity index is 1.91. The second-order valence-corrected chi connectivity index (χ2v) is 5.02. The lowest BCUT2D eigenvalue weighted by atomic mass is 9.81. The fourth-order valence-electron chi connectivity index (χ4n) is 3.25. The van der Waals surface area contributed by atoms with Crippen LogP contribution in [0.1, 0.15) is 32.1 Å². The van der Waals surface area contributed by atoms with Crippen LogP contribution >= 0.6 is 0 Å². The summed E-state index contributed by atoms with van der Waals surface area (Å²) in [5, 5.41) is 0. The minimum Gasteiger partial charge on any atom is -0.327 e. The van der Waals surface area contributed by atoms with Crippen LogP contribution in [0.4, 0.5) is 13.2 Å². The Labute approximate surface area is 92.4 Å². The molecule has 0 aromatic rings. The molecule has 0 aliphatic heterocycles. The molecule has 2 aliphatic carbocycles. The third-order valence-electron chi connectivity index (χ3n) is 4.01. The lowest BCUT2D eigenvalue weighted by Crippen LogP contribution is -2.40. The highest BCUT2D eigenvalue weighted by Gasteiger charge is 2.48. The van der Waals surface area contributed by atoms with E-state index in [1.54, 1.807) is 0 Å². The van der Waals surface area contributed by atoms with E-state index in [9.17, 15) is 18.0 Å². The van der Waals surface area contributed by atoms with Gasteiger partial charge in [-0.3, -0.25) is 4.79 Å². The molecule has 2 nitrogen and oxygen atoms in total. The number of carbonyl (C=O) groups is 1. The summed E-state index contributed by atoms with van der Waals surface area (Å²) in [6, 6.07) is -0.195. The van der Waals surface area contributed by atoms with Gasteiger partial charge in [0.15, 0.2) is 0 Å². The predicted octanol–water partition coefficient (Wildman–Crippen LogP) is 2.27. The average Bonchev–Trinajstić information content (AvgIpc) is 2.73. The van der Waals surface area contributed by atoms with Gasteiger partial charge >= 0.3 is 6.18 Å². The number of Topliss-reactive ketones (excluding diaryl/α,β-unsaturated/α-hetero) is 1. The highest BCUT2D eigenvalue weighted by Crippen LogP contribution is 2.48. The summed E-state index contributed by atoms with van der Waals surface area (Å²) in [6.07, 6.45) is -2.71. The quantitative estimate of drug-likeness (QED) is 0.815. The lowest BCUT2D eigenvalue weighted by Gasteiger charge is -2.26. The van der Waals surface area contributed by atoms with Gasteiger partial charge in [-0.05, 0) is 31.1 Å². The summed E-state index contributed by atoms with van der Waals surface area (Å²) in [4.78, 5) is 11.7. The number of hydrogen-bond donors (Lipinski definition) is 1. The van der Waals surface area contributed by atoms with Crippen LogP contribution in [-0.4, -0.2) is 18.0 Å². The largest absolute Gasteiger partial charge is 0.389 e. The summed E-state index contributed by atoms with van der Waals surface area (Å²) < 4.78 is 36.0. The number of rotatable bonds is 3. The minimum absolute atomic E-state index is 0.195. The molecule has 2 fully saturated rings. The Morgan fingerprint density at radius 2 is 1.88 bits per heavy atom. The van der Waals surface area contributed by atoms with Crippen molar-refractivity contribution in [3.05, 3.63) is 0 Å². The molecule has 0 amide bonds. The van der Waals surface area contributed by atoms with Gasteiger partial charge < -0.3 is 5.73 Å². The maximum absolute atomic E-state index is 12.0. The van der Waals surface area contributed by atoms with Crippen LogP contribution in [0.15, 0.2) is 0 Å². The van der Waals surface area contributed by atoms with Crippen LogP contribution in [0.5, 0.6) is 0 Å². The van der Waals surface area contributed by atoms with Crippen molar-refractivity contribution in [3.63, 3.8) is 0 Å². The molecule has 4 atom stereocenters. The van der Waals surface area contributed by atoms with Crippen molar-refractivity contribution < 1.29 is 18.0 Å². The molecular formula is C11H16F3NO. The summed E-state index contributed by atoms with van der Waals surface area (Å²) in [5.74, 6) is 0.0312. The van der Waals surface area contributed by atoms with Crippen LogP contribution in [0.3, 0.4) is 0 Å². The first-order chi connectivity index (χ1) is 7.38. The number of ketones is 1. The average molecular weight is 235 g/mol. The minimum atomic E-state index is -4.24. The van der Waals surface area contributed by atoms with E-state index in [0.29, 0.717) is 5.92 Å². The zero-order valence-electron chi connectivity index (χ0n) is 8.96. The first kappa shape index (κ1) is 11.9. The second-order valence-electron chi connectivity index (χ2n) is 5.02. The fourth-order valence-corrected chi connectivity index (χ4v) is 3.25. The van der Waals surface area contributed by atoms with Crippen LogP contribution < -0.4 is 5.73 Å². The first-order valence-electron chi connectivity index (χ1n) is 5.73. The van der Waals surface area contributed by atoms with Crippen LogP contribution in [-0.2, 0) is 4.79 Å². The van der Waals surface area contributed by atoms with Gasteiger partial charge in [0.2, 0.25) is 0 Å². The van der Waals surface area contributed by atoms with E-state index >= 15 is 0 Å². The molecule has 5 heteroatoms. The molecule has 2 bridgehead atoms. The fraction of sp³-hybridized carbons (Fsp3) is 0.909.